The lowest BCUT2D eigenvalue weighted by Crippen LogP contribution is -2.37. The summed E-state index contributed by atoms with van der Waals surface area (Å²) in [6, 6.07) is 0. The van der Waals surface area contributed by atoms with Crippen LogP contribution in [0.3, 0.4) is 0 Å². The number of Topliss-reactive ketones (excluding diaryl/α,β-unsaturated/α-hetero) is 1. The summed E-state index contributed by atoms with van der Waals surface area (Å²) < 4.78 is -0.169. The van der Waals surface area contributed by atoms with E-state index in [1.54, 1.807) is 6.92 Å². The summed E-state index contributed by atoms with van der Waals surface area (Å²) in [5.41, 5.74) is 0.191. The maximum absolute atomic E-state index is 11.8. The summed E-state index contributed by atoms with van der Waals surface area (Å²) in [7, 11) is 0. The van der Waals surface area contributed by atoms with Gasteiger partial charge in [-0.2, -0.15) is 0 Å². The van der Waals surface area contributed by atoms with Crippen LogP contribution in [0.25, 0.3) is 0 Å². The summed E-state index contributed by atoms with van der Waals surface area (Å²) >= 11 is 1.83. The minimum Gasteiger partial charge on any atom is -0.312 e. The number of carbonyl (C=O) groups is 1. The molecule has 0 bridgehead atoms. The van der Waals surface area contributed by atoms with E-state index in [0.717, 1.165) is 38.0 Å². The molecule has 0 saturated heterocycles. The Morgan fingerprint density at radius 1 is 1.17 bits per heavy atom. The van der Waals surface area contributed by atoms with E-state index in [9.17, 15) is 4.79 Å². The maximum atomic E-state index is 11.8. The Bertz CT molecular complexity index is 247. The average Bonchev–Trinajstić information content (AvgIpc) is 2.24. The van der Waals surface area contributed by atoms with E-state index >= 15 is 0 Å². The van der Waals surface area contributed by atoms with E-state index < -0.39 is 0 Å². The minimum absolute atomic E-state index is 0.169. The van der Waals surface area contributed by atoms with Crippen LogP contribution in [0, 0.1) is 0 Å². The van der Waals surface area contributed by atoms with E-state index in [1.165, 1.54) is 0 Å². The molecule has 0 aromatic carbocycles. The maximum Gasteiger partial charge on any atom is 0.145 e. The molecule has 0 spiro atoms. The Morgan fingerprint density at radius 3 is 2.22 bits per heavy atom. The summed E-state index contributed by atoms with van der Waals surface area (Å²) in [6.07, 6.45) is 4.44. The van der Waals surface area contributed by atoms with Gasteiger partial charge >= 0.3 is 0 Å². The fourth-order valence-electron chi connectivity index (χ4n) is 1.70. The standard InChI is InChI=1S/C15H31NOS/c1-7-8-10-15(6,13(2)17)18-12-9-11-16-14(3,4)5/h16H,7-12H2,1-6H3. The third-order valence-electron chi connectivity index (χ3n) is 3.15. The van der Waals surface area contributed by atoms with Crippen LogP contribution in [-0.4, -0.2) is 28.4 Å². The van der Waals surface area contributed by atoms with Crippen molar-refractivity contribution in [2.24, 2.45) is 0 Å². The summed E-state index contributed by atoms with van der Waals surface area (Å²) in [4.78, 5) is 11.8. The van der Waals surface area contributed by atoms with Gasteiger partial charge in [0.1, 0.15) is 5.78 Å². The van der Waals surface area contributed by atoms with Gasteiger partial charge in [0.15, 0.2) is 0 Å². The highest BCUT2D eigenvalue weighted by molar-refractivity contribution is 8.01. The Morgan fingerprint density at radius 2 is 1.78 bits per heavy atom. The molecule has 1 N–H and O–H groups in total. The highest BCUT2D eigenvalue weighted by Gasteiger charge is 2.29. The molecule has 0 fully saturated rings. The summed E-state index contributed by atoms with van der Waals surface area (Å²) in [5, 5.41) is 3.48. The van der Waals surface area contributed by atoms with E-state index in [0.29, 0.717) is 5.78 Å². The zero-order valence-corrected chi connectivity index (χ0v) is 13.9. The fraction of sp³-hybridized carbons (Fsp3) is 0.933. The molecule has 18 heavy (non-hydrogen) atoms. The molecule has 0 amide bonds. The van der Waals surface area contributed by atoms with Crippen LogP contribution in [0.2, 0.25) is 0 Å². The lowest BCUT2D eigenvalue weighted by Gasteiger charge is -2.26. The zero-order chi connectivity index (χ0) is 14.2. The van der Waals surface area contributed by atoms with Crippen LogP contribution in [0.5, 0.6) is 0 Å². The van der Waals surface area contributed by atoms with Crippen LogP contribution < -0.4 is 5.32 Å². The largest absolute Gasteiger partial charge is 0.312 e. The predicted octanol–water partition coefficient (Wildman–Crippen LogP) is 4.04. The quantitative estimate of drug-likeness (QED) is 0.643. The van der Waals surface area contributed by atoms with Crippen LogP contribution in [-0.2, 0) is 4.79 Å². The topological polar surface area (TPSA) is 29.1 Å². The van der Waals surface area contributed by atoms with Gasteiger partial charge in [0.05, 0.1) is 4.75 Å². The van der Waals surface area contributed by atoms with Gasteiger partial charge in [-0.15, -0.1) is 11.8 Å². The van der Waals surface area contributed by atoms with Crippen molar-refractivity contribution in [2.45, 2.75) is 77.5 Å². The smallest absolute Gasteiger partial charge is 0.145 e. The lowest BCUT2D eigenvalue weighted by atomic mass is 9.99. The van der Waals surface area contributed by atoms with Crippen molar-refractivity contribution in [3.05, 3.63) is 0 Å². The zero-order valence-electron chi connectivity index (χ0n) is 13.1. The number of ketones is 1. The first-order chi connectivity index (χ1) is 8.21. The van der Waals surface area contributed by atoms with Gasteiger partial charge in [-0.1, -0.05) is 19.8 Å². The second-order valence-corrected chi connectivity index (χ2v) is 7.87. The summed E-state index contributed by atoms with van der Waals surface area (Å²) in [6.45, 7) is 13.6. The van der Waals surface area contributed by atoms with Crippen molar-refractivity contribution < 1.29 is 4.79 Å². The van der Waals surface area contributed by atoms with E-state index in [-0.39, 0.29) is 10.3 Å². The molecular formula is C15H31NOS. The average molecular weight is 273 g/mol. The lowest BCUT2D eigenvalue weighted by molar-refractivity contribution is -0.119. The van der Waals surface area contributed by atoms with Crippen molar-refractivity contribution >= 4 is 17.5 Å². The van der Waals surface area contributed by atoms with E-state index in [2.05, 4.69) is 39.9 Å². The molecule has 0 radical (unpaired) electrons. The molecule has 0 heterocycles. The van der Waals surface area contributed by atoms with E-state index in [4.69, 9.17) is 0 Å². The molecule has 108 valence electrons. The normalized spacial score (nSPS) is 15.4. The molecule has 0 aliphatic heterocycles. The van der Waals surface area contributed by atoms with Crippen LogP contribution in [0.15, 0.2) is 0 Å². The second-order valence-electron chi connectivity index (χ2n) is 6.27. The van der Waals surface area contributed by atoms with Gasteiger partial charge in [0, 0.05) is 5.54 Å². The fourth-order valence-corrected chi connectivity index (χ4v) is 2.93. The molecule has 1 atom stereocenters. The van der Waals surface area contributed by atoms with Crippen LogP contribution in [0.1, 0.15) is 67.2 Å². The molecule has 0 aromatic rings. The van der Waals surface area contributed by atoms with Crippen LogP contribution in [0.4, 0.5) is 0 Å². The van der Waals surface area contributed by atoms with Crippen molar-refractivity contribution in [3.8, 4) is 0 Å². The third kappa shape index (κ3) is 8.15. The van der Waals surface area contributed by atoms with Gasteiger partial charge in [0.2, 0.25) is 0 Å². The number of nitrogens with one attached hydrogen (secondary N) is 1. The van der Waals surface area contributed by atoms with Gasteiger partial charge in [-0.25, -0.2) is 0 Å². The number of hydrogen-bond acceptors (Lipinski definition) is 3. The summed E-state index contributed by atoms with van der Waals surface area (Å²) in [5.74, 6) is 1.38. The highest BCUT2D eigenvalue weighted by atomic mass is 32.2. The van der Waals surface area contributed by atoms with Gasteiger partial charge in [-0.05, 0) is 59.8 Å². The molecule has 0 rings (SSSR count). The molecule has 0 saturated carbocycles. The second kappa shape index (κ2) is 8.21. The third-order valence-corrected chi connectivity index (χ3v) is 4.77. The molecule has 2 nitrogen and oxygen atoms in total. The van der Waals surface area contributed by atoms with Gasteiger partial charge < -0.3 is 5.32 Å². The molecular weight excluding hydrogens is 242 g/mol. The number of unbranched alkanes of at least 4 members (excludes halogenated alkanes) is 1. The van der Waals surface area contributed by atoms with Crippen molar-refractivity contribution in [1.82, 2.24) is 5.32 Å². The Labute approximate surface area is 118 Å². The number of thioether (sulfide) groups is 1. The Kier molecular flexibility index (Phi) is 8.20. The highest BCUT2D eigenvalue weighted by Crippen LogP contribution is 2.32. The number of rotatable bonds is 9. The molecule has 3 heteroatoms. The molecule has 0 aliphatic carbocycles. The molecule has 1 unspecified atom stereocenters. The number of carbonyl (C=O) groups excluding carboxylic acids is 1. The number of hydrogen-bond donors (Lipinski definition) is 1. The van der Waals surface area contributed by atoms with Gasteiger partial charge in [0.25, 0.3) is 0 Å². The van der Waals surface area contributed by atoms with Crippen molar-refractivity contribution in [3.63, 3.8) is 0 Å². The predicted molar refractivity (Wildman–Crippen MR) is 83.4 cm³/mol. The monoisotopic (exact) mass is 273 g/mol. The van der Waals surface area contributed by atoms with Crippen molar-refractivity contribution in [2.75, 3.05) is 12.3 Å². The Hall–Kier alpha value is -0.0200. The minimum atomic E-state index is -0.169. The first-order valence-electron chi connectivity index (χ1n) is 7.11. The molecule has 0 aliphatic rings. The van der Waals surface area contributed by atoms with Crippen LogP contribution >= 0.6 is 11.8 Å². The van der Waals surface area contributed by atoms with Crippen molar-refractivity contribution in [1.29, 1.82) is 0 Å². The Balaban J connectivity index is 3.95. The first-order valence-corrected chi connectivity index (χ1v) is 8.10. The first kappa shape index (κ1) is 18.0. The molecule has 0 aromatic heterocycles. The SMILES string of the molecule is CCCCC(C)(SCCCNC(C)(C)C)C(C)=O. The van der Waals surface area contributed by atoms with Gasteiger partial charge in [-0.3, -0.25) is 4.79 Å². The van der Waals surface area contributed by atoms with E-state index in [1.807, 2.05) is 11.8 Å².